The number of rotatable bonds is 9. The van der Waals surface area contributed by atoms with Crippen molar-refractivity contribution in [2.75, 3.05) is 31.3 Å². The number of benzene rings is 1. The Labute approximate surface area is 246 Å². The molecular formula is C25H23Cl2F3N9O3+. The Hall–Kier alpha value is -4.34. The maximum Gasteiger partial charge on any atom is 0.475 e. The molecule has 0 aliphatic heterocycles. The van der Waals surface area contributed by atoms with E-state index in [0.29, 0.717) is 42.8 Å². The molecule has 1 amide bonds. The number of imidazole rings is 1. The number of nitrogens with one attached hydrogen (secondary N) is 2. The number of hydrogen-bond donors (Lipinski definition) is 2. The van der Waals surface area contributed by atoms with E-state index in [1.807, 2.05) is 0 Å². The van der Waals surface area contributed by atoms with Crippen LogP contribution in [0.1, 0.15) is 11.5 Å². The van der Waals surface area contributed by atoms with Gasteiger partial charge in [0.05, 0.1) is 35.9 Å². The number of fused-ring (bicyclic) bond motifs is 1. The molecule has 4 aromatic rings. The zero-order valence-corrected chi connectivity index (χ0v) is 23.8. The van der Waals surface area contributed by atoms with E-state index in [-0.39, 0.29) is 12.2 Å². The molecule has 0 atom stereocenters. The lowest BCUT2D eigenvalue weighted by Crippen LogP contribution is -2.44. The number of hydrogen-bond acceptors (Lipinski definition) is 9. The molecule has 2 N–H and O–H groups in total. The maximum absolute atomic E-state index is 13.3. The van der Waals surface area contributed by atoms with Crippen LogP contribution in [0.4, 0.5) is 36.3 Å². The molecule has 0 fully saturated rings. The van der Waals surface area contributed by atoms with Gasteiger partial charge in [-0.3, -0.25) is 9.05 Å². The Bertz CT molecular complexity index is 1710. The third-order valence-corrected chi connectivity index (χ3v) is 6.87. The number of quaternary nitrogens is 1. The van der Waals surface area contributed by atoms with Crippen LogP contribution in [0.15, 0.2) is 48.9 Å². The summed E-state index contributed by atoms with van der Waals surface area (Å²) in [5.74, 6) is -1.93. The van der Waals surface area contributed by atoms with Crippen LogP contribution < -0.4 is 10.6 Å². The molecule has 0 saturated carbocycles. The minimum atomic E-state index is -4.90. The van der Waals surface area contributed by atoms with Gasteiger partial charge in [0.15, 0.2) is 5.69 Å². The molecule has 0 bridgehead atoms. The monoisotopic (exact) mass is 624 g/mol. The molecule has 0 aliphatic carbocycles. The van der Waals surface area contributed by atoms with Gasteiger partial charge in [0.1, 0.15) is 24.5 Å². The van der Waals surface area contributed by atoms with E-state index in [1.165, 1.54) is 32.6 Å². The molecule has 1 aromatic carbocycles. The first kappa shape index (κ1) is 30.6. The minimum absolute atomic E-state index is 0.164. The highest BCUT2D eigenvalue weighted by Gasteiger charge is 2.46. The van der Waals surface area contributed by atoms with Crippen molar-refractivity contribution in [2.24, 2.45) is 7.05 Å². The number of likely N-dealkylation sites (N-methyl/N-ethyl adjacent to an activating group) is 1. The van der Waals surface area contributed by atoms with E-state index in [1.54, 1.807) is 30.5 Å². The highest BCUT2D eigenvalue weighted by atomic mass is 35.5. The fourth-order valence-electron chi connectivity index (χ4n) is 3.94. The second kappa shape index (κ2) is 11.9. The van der Waals surface area contributed by atoms with Crippen LogP contribution in [0.25, 0.3) is 10.9 Å². The van der Waals surface area contributed by atoms with Gasteiger partial charge in [-0.1, -0.05) is 29.3 Å². The van der Waals surface area contributed by atoms with E-state index >= 15 is 0 Å². The van der Waals surface area contributed by atoms with Crippen LogP contribution in [-0.4, -0.2) is 60.5 Å². The highest BCUT2D eigenvalue weighted by molar-refractivity contribution is 6.42. The first-order valence-corrected chi connectivity index (χ1v) is 12.8. The number of carbonyl (C=O) groups is 1. The normalized spacial score (nSPS) is 12.2. The van der Waals surface area contributed by atoms with Gasteiger partial charge in [-0.05, 0) is 34.2 Å². The number of nitrogens with zero attached hydrogens (tertiary/aromatic N) is 7. The zero-order chi connectivity index (χ0) is 30.8. The summed E-state index contributed by atoms with van der Waals surface area (Å²) in [5, 5.41) is 19.0. The lowest BCUT2D eigenvalue weighted by molar-refractivity contribution is -0.825. The maximum atomic E-state index is 13.3. The van der Waals surface area contributed by atoms with Crippen LogP contribution in [0.5, 0.6) is 0 Å². The molecule has 12 nitrogen and oxygen atoms in total. The second-order valence-electron chi connectivity index (χ2n) is 9.55. The van der Waals surface area contributed by atoms with Crippen LogP contribution >= 0.6 is 23.2 Å². The minimum Gasteiger partial charge on any atom is -0.367 e. The summed E-state index contributed by atoms with van der Waals surface area (Å²) >= 11 is 12.1. The third-order valence-electron chi connectivity index (χ3n) is 6.13. The predicted molar refractivity (Wildman–Crippen MR) is 150 cm³/mol. The van der Waals surface area contributed by atoms with E-state index in [2.05, 4.69) is 30.6 Å². The molecule has 0 unspecified atom stereocenters. The topological polar surface area (TPSA) is 141 Å². The summed E-state index contributed by atoms with van der Waals surface area (Å²) in [6.45, 7) is -0.231. The largest absolute Gasteiger partial charge is 0.475 e. The summed E-state index contributed by atoms with van der Waals surface area (Å²) in [5.41, 5.74) is 0.898. The number of halogens is 5. The average molecular weight is 625 g/mol. The summed E-state index contributed by atoms with van der Waals surface area (Å²) in [6.07, 6.45) is 0.776. The summed E-state index contributed by atoms with van der Waals surface area (Å²) in [4.78, 5) is 39.2. The summed E-state index contributed by atoms with van der Waals surface area (Å²) in [6, 6.07) is 6.76. The van der Waals surface area contributed by atoms with Crippen molar-refractivity contribution >= 4 is 63.2 Å². The Morgan fingerprint density at radius 1 is 1.17 bits per heavy atom. The molecule has 3 heterocycles. The Morgan fingerprint density at radius 2 is 1.90 bits per heavy atom. The van der Waals surface area contributed by atoms with Crippen molar-refractivity contribution in [1.82, 2.24) is 24.5 Å². The SMILES string of the molecule is Cn1c(C(F)(F)F)nc([N+](=O)[O-])c1C[N+](C)(C)C(=O)/C=C/CNc1cc2c(Nc3ccc(Cl)c(Cl)c3)ncnc2cn1. The molecule has 3 aromatic heterocycles. The van der Waals surface area contributed by atoms with Gasteiger partial charge in [0, 0.05) is 30.7 Å². The molecule has 0 saturated heterocycles. The molecule has 4 rings (SSSR count). The van der Waals surface area contributed by atoms with Crippen molar-refractivity contribution in [3.8, 4) is 0 Å². The van der Waals surface area contributed by atoms with Gasteiger partial charge in [0.2, 0.25) is 0 Å². The summed E-state index contributed by atoms with van der Waals surface area (Å²) in [7, 11) is 3.88. The summed E-state index contributed by atoms with van der Waals surface area (Å²) < 4.78 is 39.9. The van der Waals surface area contributed by atoms with E-state index in [4.69, 9.17) is 23.2 Å². The number of pyridine rings is 1. The first-order chi connectivity index (χ1) is 19.7. The van der Waals surface area contributed by atoms with Gasteiger partial charge in [-0.2, -0.15) is 13.2 Å². The van der Waals surface area contributed by atoms with Crippen LogP contribution in [-0.2, 0) is 24.6 Å². The third kappa shape index (κ3) is 6.75. The van der Waals surface area contributed by atoms with Gasteiger partial charge in [0.25, 0.3) is 0 Å². The number of aromatic nitrogens is 5. The number of amides is 1. The number of nitro groups is 1. The lowest BCUT2D eigenvalue weighted by Gasteiger charge is -2.25. The Morgan fingerprint density at radius 3 is 2.57 bits per heavy atom. The smallest absolute Gasteiger partial charge is 0.367 e. The molecular weight excluding hydrogens is 602 g/mol. The van der Waals surface area contributed by atoms with Crippen molar-refractivity contribution in [3.63, 3.8) is 0 Å². The first-order valence-electron chi connectivity index (χ1n) is 12.1. The van der Waals surface area contributed by atoms with E-state index in [0.717, 1.165) is 7.05 Å². The van der Waals surface area contributed by atoms with Gasteiger partial charge in [-0.25, -0.2) is 19.7 Å². The van der Waals surface area contributed by atoms with Crippen LogP contribution in [0.2, 0.25) is 10.0 Å². The lowest BCUT2D eigenvalue weighted by atomic mass is 10.2. The highest BCUT2D eigenvalue weighted by Crippen LogP contribution is 2.33. The van der Waals surface area contributed by atoms with E-state index < -0.39 is 39.7 Å². The van der Waals surface area contributed by atoms with Crippen LogP contribution in [0.3, 0.4) is 0 Å². The second-order valence-corrected chi connectivity index (χ2v) is 10.4. The number of carbonyl (C=O) groups excluding carboxylic acids is 1. The molecule has 220 valence electrons. The van der Waals surface area contributed by atoms with E-state index in [9.17, 15) is 28.1 Å². The van der Waals surface area contributed by atoms with Crippen molar-refractivity contribution < 1.29 is 27.4 Å². The molecule has 42 heavy (non-hydrogen) atoms. The number of alkyl halides is 3. The number of anilines is 3. The molecule has 17 heteroatoms. The standard InChI is InChI=1S/C25H23Cl2F3N9O3/c1-37-19(23(38(41)42)36-24(37)25(28,29)30)12-39(2,3)21(40)5-4-8-31-20-10-15-18(11-32-20)33-13-34-22(15)35-14-6-7-16(26)17(27)9-14/h4-7,9-11,13H,8,12H2,1-3H3,(H,31,32)(H,33,34,35)/q+1/b5-4+. The fraction of sp³-hybridized carbons (Fsp3) is 0.240. The molecule has 0 spiro atoms. The molecule has 0 radical (unpaired) electrons. The van der Waals surface area contributed by atoms with Crippen molar-refractivity contribution in [3.05, 3.63) is 80.6 Å². The quantitative estimate of drug-likeness (QED) is 0.107. The van der Waals surface area contributed by atoms with Gasteiger partial charge >= 0.3 is 23.7 Å². The van der Waals surface area contributed by atoms with Crippen molar-refractivity contribution in [2.45, 2.75) is 12.7 Å². The van der Waals surface area contributed by atoms with Crippen LogP contribution in [0, 0.1) is 10.1 Å². The average Bonchev–Trinajstić information content (AvgIpc) is 3.24. The van der Waals surface area contributed by atoms with Gasteiger partial charge in [-0.15, -0.1) is 0 Å². The van der Waals surface area contributed by atoms with Crippen molar-refractivity contribution in [1.29, 1.82) is 0 Å². The predicted octanol–water partition coefficient (Wildman–Crippen LogP) is 5.51. The Balaban J connectivity index is 1.45. The van der Waals surface area contributed by atoms with Gasteiger partial charge < -0.3 is 20.7 Å². The Kier molecular flexibility index (Phi) is 8.65. The fourth-order valence-corrected chi connectivity index (χ4v) is 4.24. The zero-order valence-electron chi connectivity index (χ0n) is 22.3. The molecule has 0 aliphatic rings.